The van der Waals surface area contributed by atoms with E-state index in [2.05, 4.69) is 15.9 Å². The Morgan fingerprint density at radius 2 is 2.04 bits per heavy atom. The van der Waals surface area contributed by atoms with Gasteiger partial charge in [0.15, 0.2) is 4.32 Å². The summed E-state index contributed by atoms with van der Waals surface area (Å²) in [5.74, 6) is 0.594. The van der Waals surface area contributed by atoms with Crippen LogP contribution < -0.4 is 9.64 Å². The van der Waals surface area contributed by atoms with Gasteiger partial charge in [0.2, 0.25) is 0 Å². The molecule has 1 saturated heterocycles. The van der Waals surface area contributed by atoms with E-state index in [-0.39, 0.29) is 5.91 Å². The van der Waals surface area contributed by atoms with E-state index < -0.39 is 0 Å². The number of hydrogen-bond acceptors (Lipinski definition) is 4. The summed E-state index contributed by atoms with van der Waals surface area (Å²) in [7, 11) is 1.61. The second-order valence-corrected chi connectivity index (χ2v) is 7.83. The van der Waals surface area contributed by atoms with Gasteiger partial charge in [0, 0.05) is 10.0 Å². The molecule has 1 aliphatic heterocycles. The van der Waals surface area contributed by atoms with Gasteiger partial charge in [0.05, 0.1) is 17.7 Å². The largest absolute Gasteiger partial charge is 0.496 e. The van der Waals surface area contributed by atoms with Crippen LogP contribution in [0.2, 0.25) is 0 Å². The first-order valence-corrected chi connectivity index (χ1v) is 9.19. The van der Waals surface area contributed by atoms with Crippen LogP contribution in [0.5, 0.6) is 5.75 Å². The third-order valence-corrected chi connectivity index (χ3v) is 5.33. The maximum Gasteiger partial charge on any atom is 0.270 e. The van der Waals surface area contributed by atoms with Crippen molar-refractivity contribution in [2.75, 3.05) is 12.0 Å². The Balaban J connectivity index is 1.99. The van der Waals surface area contributed by atoms with E-state index >= 15 is 0 Å². The van der Waals surface area contributed by atoms with E-state index in [0.29, 0.717) is 15.0 Å². The Morgan fingerprint density at radius 1 is 1.25 bits per heavy atom. The number of benzene rings is 2. The van der Waals surface area contributed by atoms with Gasteiger partial charge in [-0.25, -0.2) is 0 Å². The van der Waals surface area contributed by atoms with Gasteiger partial charge in [-0.1, -0.05) is 52.0 Å². The number of anilines is 1. The van der Waals surface area contributed by atoms with E-state index in [0.717, 1.165) is 21.3 Å². The first-order valence-electron chi connectivity index (χ1n) is 7.18. The molecule has 0 spiro atoms. The van der Waals surface area contributed by atoms with Crippen LogP contribution >= 0.6 is 39.9 Å². The van der Waals surface area contributed by atoms with Crippen LogP contribution in [0, 0.1) is 6.92 Å². The van der Waals surface area contributed by atoms with Crippen molar-refractivity contribution in [2.24, 2.45) is 0 Å². The van der Waals surface area contributed by atoms with Crippen LogP contribution in [0.4, 0.5) is 5.69 Å². The lowest BCUT2D eigenvalue weighted by molar-refractivity contribution is -0.113. The van der Waals surface area contributed by atoms with Crippen molar-refractivity contribution in [1.82, 2.24) is 0 Å². The Labute approximate surface area is 158 Å². The molecule has 0 unspecified atom stereocenters. The molecule has 1 heterocycles. The van der Waals surface area contributed by atoms with Crippen LogP contribution in [0.25, 0.3) is 6.08 Å². The summed E-state index contributed by atoms with van der Waals surface area (Å²) >= 11 is 10.2. The summed E-state index contributed by atoms with van der Waals surface area (Å²) in [4.78, 5) is 15.0. The highest BCUT2D eigenvalue weighted by molar-refractivity contribution is 9.10. The van der Waals surface area contributed by atoms with Crippen LogP contribution in [0.3, 0.4) is 0 Å². The van der Waals surface area contributed by atoms with Crippen molar-refractivity contribution in [2.45, 2.75) is 6.92 Å². The SMILES string of the molecule is COc1ccc(Br)cc1/C=C1/SC(=S)N(c2cccc(C)c2)C1=O. The second kappa shape index (κ2) is 7.09. The number of methoxy groups -OCH3 is 1. The molecule has 3 rings (SSSR count). The molecule has 0 radical (unpaired) electrons. The maximum atomic E-state index is 12.8. The number of thiocarbonyl (C=S) groups is 1. The molecule has 1 aliphatic rings. The highest BCUT2D eigenvalue weighted by atomic mass is 79.9. The maximum absolute atomic E-state index is 12.8. The van der Waals surface area contributed by atoms with Gasteiger partial charge in [0.1, 0.15) is 5.75 Å². The Morgan fingerprint density at radius 3 is 2.75 bits per heavy atom. The average molecular weight is 420 g/mol. The minimum atomic E-state index is -0.113. The number of ether oxygens (including phenoxy) is 1. The van der Waals surface area contributed by atoms with E-state index in [4.69, 9.17) is 17.0 Å². The first-order chi connectivity index (χ1) is 11.5. The molecule has 2 aromatic rings. The molecule has 1 amide bonds. The molecule has 0 atom stereocenters. The van der Waals surface area contributed by atoms with E-state index in [9.17, 15) is 4.79 Å². The molecule has 0 aliphatic carbocycles. The minimum absolute atomic E-state index is 0.113. The van der Waals surface area contributed by atoms with Crippen molar-refractivity contribution >= 4 is 61.9 Å². The fourth-order valence-electron chi connectivity index (χ4n) is 2.42. The predicted octanol–water partition coefficient (Wildman–Crippen LogP) is 5.17. The zero-order chi connectivity index (χ0) is 17.3. The molecule has 0 N–H and O–H groups in total. The number of carbonyl (C=O) groups is 1. The van der Waals surface area contributed by atoms with Crippen molar-refractivity contribution in [3.8, 4) is 5.75 Å². The summed E-state index contributed by atoms with van der Waals surface area (Å²) in [5, 5.41) is 0. The lowest BCUT2D eigenvalue weighted by Crippen LogP contribution is -2.27. The van der Waals surface area contributed by atoms with E-state index in [1.54, 1.807) is 12.0 Å². The van der Waals surface area contributed by atoms with E-state index in [1.165, 1.54) is 11.8 Å². The smallest absolute Gasteiger partial charge is 0.270 e. The number of hydrogen-bond donors (Lipinski definition) is 0. The number of halogens is 1. The van der Waals surface area contributed by atoms with Crippen LogP contribution in [0.1, 0.15) is 11.1 Å². The fourth-order valence-corrected chi connectivity index (χ4v) is 4.09. The number of aryl methyl sites for hydroxylation is 1. The summed E-state index contributed by atoms with van der Waals surface area (Å²) in [6, 6.07) is 13.4. The van der Waals surface area contributed by atoms with Crippen LogP contribution in [-0.2, 0) is 4.79 Å². The standard InChI is InChI=1S/C18H14BrNO2S2/c1-11-4-3-5-14(8-11)20-17(21)16(24-18(20)23)10-12-9-13(19)6-7-15(12)22-2/h3-10H,1-2H3/b16-10+. The Bertz CT molecular complexity index is 864. The topological polar surface area (TPSA) is 29.5 Å². The van der Waals surface area contributed by atoms with Gasteiger partial charge in [-0.15, -0.1) is 0 Å². The van der Waals surface area contributed by atoms with Crippen molar-refractivity contribution in [3.63, 3.8) is 0 Å². The summed E-state index contributed by atoms with van der Waals surface area (Å²) in [6.45, 7) is 1.99. The number of carbonyl (C=O) groups excluding carboxylic acids is 1. The minimum Gasteiger partial charge on any atom is -0.496 e. The van der Waals surface area contributed by atoms with Gasteiger partial charge in [0.25, 0.3) is 5.91 Å². The summed E-state index contributed by atoms with van der Waals surface area (Å²) in [5.41, 5.74) is 2.71. The van der Waals surface area contributed by atoms with E-state index in [1.807, 2.05) is 55.5 Å². The molecule has 1 fully saturated rings. The zero-order valence-electron chi connectivity index (χ0n) is 13.1. The molecule has 0 saturated carbocycles. The van der Waals surface area contributed by atoms with Crippen molar-refractivity contribution in [3.05, 3.63) is 63.0 Å². The predicted molar refractivity (Wildman–Crippen MR) is 108 cm³/mol. The van der Waals surface area contributed by atoms with Gasteiger partial charge in [-0.05, 0) is 48.9 Å². The average Bonchev–Trinajstić information content (AvgIpc) is 2.81. The van der Waals surface area contributed by atoms with Gasteiger partial charge < -0.3 is 4.74 Å². The lowest BCUT2D eigenvalue weighted by Gasteiger charge is -2.14. The highest BCUT2D eigenvalue weighted by Gasteiger charge is 2.33. The van der Waals surface area contributed by atoms with Gasteiger partial charge >= 0.3 is 0 Å². The third-order valence-electron chi connectivity index (χ3n) is 3.53. The highest BCUT2D eigenvalue weighted by Crippen LogP contribution is 2.37. The first kappa shape index (κ1) is 17.2. The number of rotatable bonds is 3. The lowest BCUT2D eigenvalue weighted by atomic mass is 10.1. The van der Waals surface area contributed by atoms with Gasteiger partial charge in [-0.3, -0.25) is 9.69 Å². The van der Waals surface area contributed by atoms with Crippen LogP contribution in [0.15, 0.2) is 51.8 Å². The Hall–Kier alpha value is -1.63. The zero-order valence-corrected chi connectivity index (χ0v) is 16.3. The molecule has 0 bridgehead atoms. The Kier molecular flexibility index (Phi) is 5.08. The number of thioether (sulfide) groups is 1. The molecule has 122 valence electrons. The summed E-state index contributed by atoms with van der Waals surface area (Å²) in [6.07, 6.45) is 1.82. The monoisotopic (exact) mass is 419 g/mol. The molecular formula is C18H14BrNO2S2. The number of nitrogens with zero attached hydrogens (tertiary/aromatic N) is 1. The van der Waals surface area contributed by atoms with Crippen molar-refractivity contribution < 1.29 is 9.53 Å². The molecular weight excluding hydrogens is 406 g/mol. The molecule has 0 aromatic heterocycles. The van der Waals surface area contributed by atoms with Crippen molar-refractivity contribution in [1.29, 1.82) is 0 Å². The quantitative estimate of drug-likeness (QED) is 0.506. The molecule has 2 aromatic carbocycles. The second-order valence-electron chi connectivity index (χ2n) is 5.24. The molecule has 6 heteroatoms. The van der Waals surface area contributed by atoms with Gasteiger partial charge in [-0.2, -0.15) is 0 Å². The fraction of sp³-hybridized carbons (Fsp3) is 0.111. The summed E-state index contributed by atoms with van der Waals surface area (Å²) < 4.78 is 6.82. The number of amides is 1. The molecule has 24 heavy (non-hydrogen) atoms. The normalized spacial score (nSPS) is 16.1. The molecule has 3 nitrogen and oxygen atoms in total. The third kappa shape index (κ3) is 3.41. The van der Waals surface area contributed by atoms with Crippen LogP contribution in [-0.4, -0.2) is 17.3 Å².